The zero-order chi connectivity index (χ0) is 16.7. The third-order valence-corrected chi connectivity index (χ3v) is 4.37. The molecule has 8 heteroatoms. The van der Waals surface area contributed by atoms with Crippen molar-refractivity contribution in [2.45, 2.75) is 26.3 Å². The Hall–Kier alpha value is -2.19. The number of carbonyl (C=O) groups is 1. The maximum Gasteiger partial charge on any atom is 0.262 e. The van der Waals surface area contributed by atoms with Gasteiger partial charge in [-0.3, -0.25) is 4.79 Å². The zero-order valence-electron chi connectivity index (χ0n) is 13.7. The van der Waals surface area contributed by atoms with E-state index in [-0.39, 0.29) is 23.3 Å². The molecule has 0 aromatic carbocycles. The molecule has 2 aliphatic rings. The summed E-state index contributed by atoms with van der Waals surface area (Å²) in [6.45, 7) is 6.68. The van der Waals surface area contributed by atoms with Crippen LogP contribution in [0.25, 0.3) is 11.5 Å². The second-order valence-corrected chi connectivity index (χ2v) is 7.01. The van der Waals surface area contributed by atoms with E-state index in [2.05, 4.69) is 34.6 Å². The van der Waals surface area contributed by atoms with Gasteiger partial charge in [-0.25, -0.2) is 0 Å². The minimum atomic E-state index is -0.168. The maximum absolute atomic E-state index is 12.5. The molecule has 2 aromatic heterocycles. The molecule has 8 nitrogen and oxygen atoms in total. The van der Waals surface area contributed by atoms with Crippen LogP contribution in [0.4, 0.5) is 0 Å². The third-order valence-electron chi connectivity index (χ3n) is 4.37. The van der Waals surface area contributed by atoms with Crippen molar-refractivity contribution in [3.63, 3.8) is 0 Å². The van der Waals surface area contributed by atoms with Gasteiger partial charge in [0.15, 0.2) is 5.82 Å². The van der Waals surface area contributed by atoms with Crippen molar-refractivity contribution in [3.8, 4) is 11.5 Å². The molecule has 0 spiro atoms. The third kappa shape index (κ3) is 2.71. The first kappa shape index (κ1) is 15.3. The first-order valence-corrected chi connectivity index (χ1v) is 8.07. The van der Waals surface area contributed by atoms with Gasteiger partial charge < -0.3 is 24.3 Å². The van der Waals surface area contributed by atoms with Crippen molar-refractivity contribution in [2.75, 3.05) is 26.3 Å². The molecule has 0 radical (unpaired) electrons. The second kappa shape index (κ2) is 5.71. The Kier molecular flexibility index (Phi) is 3.65. The molecule has 4 rings (SSSR count). The number of carbonyl (C=O) groups excluding carboxylic acids is 1. The largest absolute Gasteiger partial charge is 0.468 e. The molecular weight excluding hydrogens is 312 g/mol. The van der Waals surface area contributed by atoms with Crippen molar-refractivity contribution in [1.82, 2.24) is 20.8 Å². The topological polar surface area (TPSA) is 102 Å². The smallest absolute Gasteiger partial charge is 0.262 e. The van der Waals surface area contributed by atoms with Crippen LogP contribution >= 0.6 is 0 Å². The van der Waals surface area contributed by atoms with E-state index in [1.165, 1.54) is 6.26 Å². The SMILES string of the molecule is CC1(C)CNC(=O)c2c(-c3nc(C4COCCN4)no3)coc2C1. The number of aromatic nitrogens is 2. The van der Waals surface area contributed by atoms with Crippen LogP contribution in [-0.4, -0.2) is 42.4 Å². The van der Waals surface area contributed by atoms with E-state index in [4.69, 9.17) is 13.7 Å². The van der Waals surface area contributed by atoms with Crippen molar-refractivity contribution in [3.05, 3.63) is 23.4 Å². The molecule has 0 saturated carbocycles. The van der Waals surface area contributed by atoms with Gasteiger partial charge in [-0.15, -0.1) is 0 Å². The number of rotatable bonds is 2. The number of morpholine rings is 1. The van der Waals surface area contributed by atoms with Gasteiger partial charge in [0.1, 0.15) is 12.0 Å². The number of nitrogens with zero attached hydrogens (tertiary/aromatic N) is 2. The van der Waals surface area contributed by atoms with E-state index in [1.807, 2.05) is 0 Å². The van der Waals surface area contributed by atoms with Crippen LogP contribution in [0, 0.1) is 5.41 Å². The van der Waals surface area contributed by atoms with E-state index in [0.717, 1.165) is 6.54 Å². The Bertz CT molecular complexity index is 758. The Balaban J connectivity index is 1.67. The Morgan fingerprint density at radius 3 is 3.04 bits per heavy atom. The minimum Gasteiger partial charge on any atom is -0.468 e. The highest BCUT2D eigenvalue weighted by Crippen LogP contribution is 2.34. The highest BCUT2D eigenvalue weighted by Gasteiger charge is 2.33. The fraction of sp³-hybridized carbons (Fsp3) is 0.562. The summed E-state index contributed by atoms with van der Waals surface area (Å²) in [6.07, 6.45) is 2.19. The van der Waals surface area contributed by atoms with Crippen LogP contribution in [-0.2, 0) is 11.2 Å². The van der Waals surface area contributed by atoms with E-state index in [0.29, 0.717) is 48.9 Å². The molecule has 1 amide bonds. The van der Waals surface area contributed by atoms with Gasteiger partial charge in [0, 0.05) is 19.5 Å². The predicted octanol–water partition coefficient (Wildman–Crippen LogP) is 1.30. The monoisotopic (exact) mass is 332 g/mol. The number of furan rings is 1. The summed E-state index contributed by atoms with van der Waals surface area (Å²) < 4.78 is 16.4. The molecule has 0 aliphatic carbocycles. The lowest BCUT2D eigenvalue weighted by Gasteiger charge is -2.20. The number of amides is 1. The average Bonchev–Trinajstić information content (AvgIpc) is 3.18. The molecule has 1 unspecified atom stereocenters. The first-order valence-electron chi connectivity index (χ1n) is 8.07. The molecular formula is C16H20N4O4. The molecule has 24 heavy (non-hydrogen) atoms. The van der Waals surface area contributed by atoms with Gasteiger partial charge in [0.05, 0.1) is 30.4 Å². The molecule has 1 atom stereocenters. The van der Waals surface area contributed by atoms with Gasteiger partial charge in [-0.05, 0) is 5.41 Å². The van der Waals surface area contributed by atoms with Gasteiger partial charge in [0.2, 0.25) is 0 Å². The van der Waals surface area contributed by atoms with Crippen LogP contribution in [0.3, 0.4) is 0 Å². The number of nitrogens with one attached hydrogen (secondary N) is 2. The number of hydrogen-bond acceptors (Lipinski definition) is 7. The minimum absolute atomic E-state index is 0.0700. The standard InChI is InChI=1S/C16H20N4O4/c1-16(2)5-11-12(14(21)18-8-16)9(6-23-11)15-19-13(20-24-15)10-7-22-4-3-17-10/h6,10,17H,3-5,7-8H2,1-2H3,(H,18,21). The van der Waals surface area contributed by atoms with E-state index >= 15 is 0 Å². The summed E-state index contributed by atoms with van der Waals surface area (Å²) in [5.41, 5.74) is 0.957. The summed E-state index contributed by atoms with van der Waals surface area (Å²) in [5, 5.41) is 10.2. The molecule has 1 saturated heterocycles. The lowest BCUT2D eigenvalue weighted by atomic mass is 9.88. The quantitative estimate of drug-likeness (QED) is 0.854. The average molecular weight is 332 g/mol. The number of ether oxygens (including phenoxy) is 1. The summed E-state index contributed by atoms with van der Waals surface area (Å²) in [5.74, 6) is 1.30. The Morgan fingerprint density at radius 2 is 2.25 bits per heavy atom. The lowest BCUT2D eigenvalue weighted by Crippen LogP contribution is -2.35. The van der Waals surface area contributed by atoms with Crippen molar-refractivity contribution in [2.24, 2.45) is 5.41 Å². The maximum atomic E-state index is 12.5. The van der Waals surface area contributed by atoms with Gasteiger partial charge in [-0.1, -0.05) is 19.0 Å². The first-order chi connectivity index (χ1) is 11.5. The van der Waals surface area contributed by atoms with Crippen LogP contribution < -0.4 is 10.6 Å². The molecule has 2 aromatic rings. The second-order valence-electron chi connectivity index (χ2n) is 7.01. The fourth-order valence-corrected chi connectivity index (χ4v) is 3.06. The highest BCUT2D eigenvalue weighted by molar-refractivity contribution is 6.01. The molecule has 128 valence electrons. The number of hydrogen-bond donors (Lipinski definition) is 2. The van der Waals surface area contributed by atoms with Crippen LogP contribution in [0.1, 0.15) is 41.8 Å². The summed E-state index contributed by atoms with van der Waals surface area (Å²) in [4.78, 5) is 16.9. The molecule has 2 aliphatic heterocycles. The normalized spacial score (nSPS) is 23.4. The van der Waals surface area contributed by atoms with Gasteiger partial charge in [-0.2, -0.15) is 4.98 Å². The van der Waals surface area contributed by atoms with Crippen molar-refractivity contribution in [1.29, 1.82) is 0 Å². The van der Waals surface area contributed by atoms with Crippen LogP contribution in [0.2, 0.25) is 0 Å². The van der Waals surface area contributed by atoms with Crippen LogP contribution in [0.15, 0.2) is 15.2 Å². The zero-order valence-corrected chi connectivity index (χ0v) is 13.7. The van der Waals surface area contributed by atoms with E-state index in [1.54, 1.807) is 0 Å². The number of fused-ring (bicyclic) bond motifs is 1. The Labute approximate surface area is 138 Å². The van der Waals surface area contributed by atoms with E-state index < -0.39 is 0 Å². The molecule has 2 N–H and O–H groups in total. The van der Waals surface area contributed by atoms with Crippen LogP contribution in [0.5, 0.6) is 0 Å². The molecule has 0 bridgehead atoms. The van der Waals surface area contributed by atoms with Crippen molar-refractivity contribution >= 4 is 5.91 Å². The summed E-state index contributed by atoms with van der Waals surface area (Å²) in [7, 11) is 0. The lowest BCUT2D eigenvalue weighted by molar-refractivity contribution is 0.0734. The fourth-order valence-electron chi connectivity index (χ4n) is 3.06. The Morgan fingerprint density at radius 1 is 1.38 bits per heavy atom. The summed E-state index contributed by atoms with van der Waals surface area (Å²) >= 11 is 0. The highest BCUT2D eigenvalue weighted by atomic mass is 16.5. The van der Waals surface area contributed by atoms with Gasteiger partial charge >= 0.3 is 0 Å². The van der Waals surface area contributed by atoms with Gasteiger partial charge in [0.25, 0.3) is 11.8 Å². The molecule has 1 fully saturated rings. The summed E-state index contributed by atoms with van der Waals surface area (Å²) in [6, 6.07) is -0.102. The van der Waals surface area contributed by atoms with Crippen molar-refractivity contribution < 1.29 is 18.5 Å². The predicted molar refractivity (Wildman–Crippen MR) is 83.4 cm³/mol. The van der Waals surface area contributed by atoms with E-state index in [9.17, 15) is 4.79 Å². The molecule has 4 heterocycles.